The van der Waals surface area contributed by atoms with Gasteiger partial charge in [0, 0.05) is 23.5 Å². The van der Waals surface area contributed by atoms with Crippen LogP contribution in [0.4, 0.5) is 11.4 Å². The van der Waals surface area contributed by atoms with Crippen LogP contribution in [0.5, 0.6) is 0 Å². The fourth-order valence-corrected chi connectivity index (χ4v) is 3.08. The highest BCUT2D eigenvalue weighted by atomic mass is 79.9. The maximum atomic E-state index is 11.2. The van der Waals surface area contributed by atoms with Crippen molar-refractivity contribution in [1.29, 1.82) is 0 Å². The maximum Gasteiger partial charge on any atom is 0.293 e. The lowest BCUT2D eigenvalue weighted by molar-refractivity contribution is -0.384. The lowest BCUT2D eigenvalue weighted by atomic mass is 10.1. The number of nitro groups is 1. The van der Waals surface area contributed by atoms with Gasteiger partial charge in [-0.3, -0.25) is 10.1 Å². The number of hydrogen-bond donors (Lipinski definition) is 1. The van der Waals surface area contributed by atoms with Crippen molar-refractivity contribution in [2.75, 3.05) is 5.32 Å². The number of anilines is 1. The van der Waals surface area contributed by atoms with E-state index in [1.54, 1.807) is 12.1 Å². The van der Waals surface area contributed by atoms with Gasteiger partial charge in [-0.15, -0.1) is 10.2 Å². The van der Waals surface area contributed by atoms with Crippen molar-refractivity contribution >= 4 is 27.3 Å². The normalized spacial score (nSPS) is 15.2. The van der Waals surface area contributed by atoms with Crippen molar-refractivity contribution in [1.82, 2.24) is 14.8 Å². The van der Waals surface area contributed by atoms with E-state index in [4.69, 9.17) is 0 Å². The van der Waals surface area contributed by atoms with Gasteiger partial charge in [0.05, 0.1) is 11.0 Å². The van der Waals surface area contributed by atoms with Crippen molar-refractivity contribution < 1.29 is 4.92 Å². The highest BCUT2D eigenvalue weighted by molar-refractivity contribution is 9.10. The summed E-state index contributed by atoms with van der Waals surface area (Å²) in [5, 5.41) is 22.9. The molecule has 8 heteroatoms. The van der Waals surface area contributed by atoms with Gasteiger partial charge in [0.15, 0.2) is 5.82 Å². The molecule has 1 aliphatic heterocycles. The molecule has 22 heavy (non-hydrogen) atoms. The van der Waals surface area contributed by atoms with E-state index in [0.717, 1.165) is 37.5 Å². The Kier molecular flexibility index (Phi) is 4.10. The van der Waals surface area contributed by atoms with Crippen LogP contribution in [0, 0.1) is 10.1 Å². The molecule has 1 atom stereocenters. The number of hydrogen-bond acceptors (Lipinski definition) is 5. The van der Waals surface area contributed by atoms with Crippen molar-refractivity contribution in [2.24, 2.45) is 0 Å². The van der Waals surface area contributed by atoms with Crippen LogP contribution in [0.15, 0.2) is 22.7 Å². The van der Waals surface area contributed by atoms with Gasteiger partial charge < -0.3 is 9.88 Å². The van der Waals surface area contributed by atoms with Crippen molar-refractivity contribution in [3.63, 3.8) is 0 Å². The third-order valence-corrected chi connectivity index (χ3v) is 4.30. The molecular weight excluding hydrogens is 350 g/mol. The van der Waals surface area contributed by atoms with Crippen LogP contribution in [0.1, 0.15) is 37.5 Å². The van der Waals surface area contributed by atoms with Crippen LogP contribution in [-0.4, -0.2) is 19.7 Å². The molecule has 1 unspecified atom stereocenters. The Balaban J connectivity index is 1.87. The average molecular weight is 366 g/mol. The molecule has 0 aliphatic carbocycles. The number of nitro benzene ring substituents is 1. The summed E-state index contributed by atoms with van der Waals surface area (Å²) in [5.74, 6) is 1.83. The van der Waals surface area contributed by atoms with Crippen molar-refractivity contribution in [3.8, 4) is 0 Å². The molecule has 3 rings (SSSR count). The molecule has 2 heterocycles. The number of aryl methyl sites for hydroxylation is 1. The highest BCUT2D eigenvalue weighted by Crippen LogP contribution is 2.31. The Morgan fingerprint density at radius 1 is 1.41 bits per heavy atom. The molecule has 0 saturated heterocycles. The van der Waals surface area contributed by atoms with Crippen LogP contribution >= 0.6 is 15.9 Å². The van der Waals surface area contributed by atoms with E-state index in [1.165, 1.54) is 6.07 Å². The summed E-state index contributed by atoms with van der Waals surface area (Å²) in [6, 6.07) is 4.82. The van der Waals surface area contributed by atoms with Gasteiger partial charge in [-0.25, -0.2) is 0 Å². The van der Waals surface area contributed by atoms with Gasteiger partial charge in [0.25, 0.3) is 5.69 Å². The monoisotopic (exact) mass is 365 g/mol. The fourth-order valence-electron chi connectivity index (χ4n) is 2.73. The lowest BCUT2D eigenvalue weighted by Gasteiger charge is -2.19. The summed E-state index contributed by atoms with van der Waals surface area (Å²) < 4.78 is 2.79. The zero-order valence-electron chi connectivity index (χ0n) is 12.1. The van der Waals surface area contributed by atoms with Crippen LogP contribution in [0.3, 0.4) is 0 Å². The summed E-state index contributed by atoms with van der Waals surface area (Å²) in [7, 11) is 0. The van der Waals surface area contributed by atoms with E-state index in [0.29, 0.717) is 10.2 Å². The molecule has 0 radical (unpaired) electrons. The van der Waals surface area contributed by atoms with Gasteiger partial charge in [-0.05, 0) is 31.9 Å². The molecule has 2 aromatic rings. The first-order valence-electron chi connectivity index (χ1n) is 7.18. The summed E-state index contributed by atoms with van der Waals surface area (Å²) in [6.07, 6.45) is 3.19. The van der Waals surface area contributed by atoms with Crippen LogP contribution < -0.4 is 5.32 Å². The number of benzene rings is 1. The summed E-state index contributed by atoms with van der Waals surface area (Å²) in [4.78, 5) is 10.8. The highest BCUT2D eigenvalue weighted by Gasteiger charge is 2.22. The summed E-state index contributed by atoms with van der Waals surface area (Å²) >= 11 is 3.26. The van der Waals surface area contributed by atoms with Crippen LogP contribution in [-0.2, 0) is 13.0 Å². The van der Waals surface area contributed by atoms with Crippen molar-refractivity contribution in [3.05, 3.63) is 44.4 Å². The lowest BCUT2D eigenvalue weighted by Crippen LogP contribution is -2.18. The predicted molar refractivity (Wildman–Crippen MR) is 85.8 cm³/mol. The molecule has 116 valence electrons. The first kappa shape index (κ1) is 15.0. The number of aromatic nitrogens is 3. The molecule has 0 spiro atoms. The van der Waals surface area contributed by atoms with Gasteiger partial charge >= 0.3 is 0 Å². The van der Waals surface area contributed by atoms with Crippen LogP contribution in [0.2, 0.25) is 0 Å². The minimum absolute atomic E-state index is 0.0413. The molecule has 7 nitrogen and oxygen atoms in total. The molecule has 0 saturated carbocycles. The van der Waals surface area contributed by atoms with Gasteiger partial charge in [-0.1, -0.05) is 15.9 Å². The first-order valence-corrected chi connectivity index (χ1v) is 7.98. The summed E-state index contributed by atoms with van der Waals surface area (Å²) in [5.41, 5.74) is 0.522. The Labute approximate surface area is 136 Å². The smallest absolute Gasteiger partial charge is 0.293 e. The fraction of sp³-hybridized carbons (Fsp3) is 0.429. The largest absolute Gasteiger partial charge is 0.370 e. The van der Waals surface area contributed by atoms with E-state index in [-0.39, 0.29) is 16.7 Å². The maximum absolute atomic E-state index is 11.2. The summed E-state index contributed by atoms with van der Waals surface area (Å²) in [6.45, 7) is 2.85. The van der Waals surface area contributed by atoms with Gasteiger partial charge in [0.2, 0.25) is 0 Å². The third-order valence-electron chi connectivity index (χ3n) is 3.80. The van der Waals surface area contributed by atoms with E-state index < -0.39 is 0 Å². The molecule has 1 aliphatic rings. The molecule has 0 bridgehead atoms. The third kappa shape index (κ3) is 2.83. The topological polar surface area (TPSA) is 85.9 Å². The minimum atomic E-state index is -0.390. The second-order valence-corrected chi connectivity index (χ2v) is 6.28. The van der Waals surface area contributed by atoms with E-state index in [9.17, 15) is 10.1 Å². The quantitative estimate of drug-likeness (QED) is 0.662. The van der Waals surface area contributed by atoms with E-state index in [2.05, 4.69) is 36.0 Å². The van der Waals surface area contributed by atoms with E-state index in [1.807, 2.05) is 6.92 Å². The number of nitrogens with one attached hydrogen (secondary N) is 1. The Morgan fingerprint density at radius 2 is 2.23 bits per heavy atom. The second-order valence-electron chi connectivity index (χ2n) is 5.37. The molecule has 0 fully saturated rings. The Bertz CT molecular complexity index is 715. The minimum Gasteiger partial charge on any atom is -0.370 e. The van der Waals surface area contributed by atoms with Gasteiger partial charge in [0.1, 0.15) is 11.5 Å². The molecular formula is C14H16BrN5O2. The number of rotatable bonds is 4. The number of halogens is 1. The van der Waals surface area contributed by atoms with E-state index >= 15 is 0 Å². The number of fused-ring (bicyclic) bond motifs is 1. The van der Waals surface area contributed by atoms with Gasteiger partial charge in [-0.2, -0.15) is 0 Å². The Hall–Kier alpha value is -1.96. The molecule has 0 amide bonds. The Morgan fingerprint density at radius 3 is 3.00 bits per heavy atom. The SMILES string of the molecule is CC(Nc1ccc(Br)cc1[N+](=O)[O-])c1nnc2n1CCCC2. The standard InChI is InChI=1S/C14H16BrN5O2/c1-9(14-18-17-13-4-2-3-7-19(13)14)16-11-6-5-10(15)8-12(11)20(21)22/h5-6,8-9,16H,2-4,7H2,1H3. The van der Waals surface area contributed by atoms with Crippen molar-refractivity contribution in [2.45, 2.75) is 38.8 Å². The number of nitrogens with zero attached hydrogens (tertiary/aromatic N) is 4. The zero-order chi connectivity index (χ0) is 15.7. The first-order chi connectivity index (χ1) is 10.6. The molecule has 1 N–H and O–H groups in total. The second kappa shape index (κ2) is 6.04. The molecule has 1 aromatic heterocycles. The predicted octanol–water partition coefficient (Wildman–Crippen LogP) is 3.46. The molecule has 1 aromatic carbocycles. The zero-order valence-corrected chi connectivity index (χ0v) is 13.7. The van der Waals surface area contributed by atoms with Crippen LogP contribution in [0.25, 0.3) is 0 Å². The average Bonchev–Trinajstić information content (AvgIpc) is 2.93.